The molecule has 0 saturated carbocycles. The van der Waals surface area contributed by atoms with Crippen molar-refractivity contribution in [2.45, 2.75) is 18.1 Å². The summed E-state index contributed by atoms with van der Waals surface area (Å²) in [6.45, 7) is 0.543. The fraction of sp³-hybridized carbons (Fsp3) is 0.400. The van der Waals surface area contributed by atoms with E-state index in [1.807, 2.05) is 12.2 Å². The molecule has 0 bridgehead atoms. The first-order chi connectivity index (χ1) is 7.64. The molecule has 2 heterocycles. The molecule has 0 saturated heterocycles. The van der Waals surface area contributed by atoms with Crippen LogP contribution in [0, 0.1) is 0 Å². The SMILES string of the molecule is O=S(=O)(c1ccc(CO)o1)N1CC=CCC1. The Balaban J connectivity index is 2.27. The van der Waals surface area contributed by atoms with Crippen LogP contribution >= 0.6 is 0 Å². The minimum absolute atomic E-state index is 0.105. The molecule has 16 heavy (non-hydrogen) atoms. The lowest BCUT2D eigenvalue weighted by Gasteiger charge is -2.21. The van der Waals surface area contributed by atoms with Crippen molar-refractivity contribution in [1.82, 2.24) is 4.31 Å². The number of hydrogen-bond donors (Lipinski definition) is 1. The van der Waals surface area contributed by atoms with Crippen LogP contribution in [0.2, 0.25) is 0 Å². The van der Waals surface area contributed by atoms with Gasteiger partial charge in [-0.05, 0) is 18.6 Å². The molecule has 5 nitrogen and oxygen atoms in total. The molecule has 2 rings (SSSR count). The van der Waals surface area contributed by atoms with E-state index in [2.05, 4.69) is 0 Å². The topological polar surface area (TPSA) is 70.8 Å². The normalized spacial score (nSPS) is 17.8. The largest absolute Gasteiger partial charge is 0.446 e. The lowest BCUT2D eigenvalue weighted by Crippen LogP contribution is -2.33. The van der Waals surface area contributed by atoms with Gasteiger partial charge in [-0.15, -0.1) is 0 Å². The zero-order chi connectivity index (χ0) is 11.6. The second kappa shape index (κ2) is 4.40. The van der Waals surface area contributed by atoms with Gasteiger partial charge in [0, 0.05) is 13.1 Å². The van der Waals surface area contributed by atoms with Gasteiger partial charge in [0.25, 0.3) is 10.0 Å². The molecule has 88 valence electrons. The molecular formula is C10H13NO4S. The van der Waals surface area contributed by atoms with Gasteiger partial charge >= 0.3 is 0 Å². The fourth-order valence-electron chi connectivity index (χ4n) is 1.55. The number of hydrogen-bond acceptors (Lipinski definition) is 4. The summed E-state index contributed by atoms with van der Waals surface area (Å²) in [6, 6.07) is 2.84. The van der Waals surface area contributed by atoms with Crippen LogP contribution in [0.15, 0.2) is 33.8 Å². The van der Waals surface area contributed by atoms with Crippen LogP contribution in [0.5, 0.6) is 0 Å². The molecule has 0 unspecified atom stereocenters. The van der Waals surface area contributed by atoms with Crippen molar-refractivity contribution in [2.75, 3.05) is 13.1 Å². The maximum Gasteiger partial charge on any atom is 0.276 e. The van der Waals surface area contributed by atoms with Gasteiger partial charge in [-0.2, -0.15) is 4.31 Å². The molecule has 0 aromatic carbocycles. The van der Waals surface area contributed by atoms with Gasteiger partial charge in [-0.3, -0.25) is 0 Å². The van der Waals surface area contributed by atoms with E-state index in [0.29, 0.717) is 19.5 Å². The molecule has 0 atom stereocenters. The molecule has 1 aromatic rings. The summed E-state index contributed by atoms with van der Waals surface area (Å²) in [5, 5.41) is 8.71. The fourth-order valence-corrected chi connectivity index (χ4v) is 2.88. The highest BCUT2D eigenvalue weighted by molar-refractivity contribution is 7.89. The summed E-state index contributed by atoms with van der Waals surface area (Å²) >= 11 is 0. The second-order valence-corrected chi connectivity index (χ2v) is 5.37. The van der Waals surface area contributed by atoms with Crippen molar-refractivity contribution in [3.63, 3.8) is 0 Å². The number of furan rings is 1. The van der Waals surface area contributed by atoms with Crippen molar-refractivity contribution in [3.8, 4) is 0 Å². The van der Waals surface area contributed by atoms with Crippen LogP contribution in [-0.4, -0.2) is 30.9 Å². The van der Waals surface area contributed by atoms with Gasteiger partial charge in [0.2, 0.25) is 5.09 Å². The van der Waals surface area contributed by atoms with E-state index in [9.17, 15) is 8.42 Å². The van der Waals surface area contributed by atoms with Crippen LogP contribution in [0.1, 0.15) is 12.2 Å². The van der Waals surface area contributed by atoms with Crippen molar-refractivity contribution in [3.05, 3.63) is 30.0 Å². The van der Waals surface area contributed by atoms with E-state index in [1.165, 1.54) is 16.4 Å². The average Bonchev–Trinajstić information content (AvgIpc) is 2.79. The average molecular weight is 243 g/mol. The first kappa shape index (κ1) is 11.4. The number of sulfonamides is 1. The van der Waals surface area contributed by atoms with Gasteiger partial charge in [0.15, 0.2) is 0 Å². The van der Waals surface area contributed by atoms with Crippen molar-refractivity contribution < 1.29 is 17.9 Å². The third kappa shape index (κ3) is 2.04. The Morgan fingerprint density at radius 2 is 2.19 bits per heavy atom. The smallest absolute Gasteiger partial charge is 0.276 e. The van der Waals surface area contributed by atoms with Crippen molar-refractivity contribution >= 4 is 10.0 Å². The van der Waals surface area contributed by atoms with E-state index < -0.39 is 10.0 Å². The molecular weight excluding hydrogens is 230 g/mol. The summed E-state index contributed by atoms with van der Waals surface area (Å²) < 4.78 is 30.5. The van der Waals surface area contributed by atoms with E-state index in [0.717, 1.165) is 0 Å². The maximum absolute atomic E-state index is 12.0. The lowest BCUT2D eigenvalue weighted by molar-refractivity contribution is 0.235. The first-order valence-corrected chi connectivity index (χ1v) is 6.43. The van der Waals surface area contributed by atoms with E-state index in [-0.39, 0.29) is 17.5 Å². The summed E-state index contributed by atoms with van der Waals surface area (Å²) in [4.78, 5) is 0. The minimum atomic E-state index is -3.55. The van der Waals surface area contributed by atoms with Crippen LogP contribution in [-0.2, 0) is 16.6 Å². The number of nitrogens with zero attached hydrogens (tertiary/aromatic N) is 1. The monoisotopic (exact) mass is 243 g/mol. The van der Waals surface area contributed by atoms with E-state index >= 15 is 0 Å². The van der Waals surface area contributed by atoms with E-state index in [1.54, 1.807) is 0 Å². The summed E-state index contributed by atoms with van der Waals surface area (Å²) in [7, 11) is -3.55. The first-order valence-electron chi connectivity index (χ1n) is 4.99. The summed E-state index contributed by atoms with van der Waals surface area (Å²) in [5.41, 5.74) is 0. The molecule has 0 spiro atoms. The maximum atomic E-state index is 12.0. The van der Waals surface area contributed by atoms with Crippen LogP contribution in [0.4, 0.5) is 0 Å². The quantitative estimate of drug-likeness (QED) is 0.794. The molecule has 1 aliphatic heterocycles. The van der Waals surface area contributed by atoms with Gasteiger partial charge in [-0.1, -0.05) is 12.2 Å². The standard InChI is InChI=1S/C10H13NO4S/c12-8-9-4-5-10(15-9)16(13,14)11-6-2-1-3-7-11/h1-2,4-5,12H,3,6-8H2. The molecule has 6 heteroatoms. The Bertz CT molecular complexity index is 489. The van der Waals surface area contributed by atoms with Gasteiger partial charge in [0.05, 0.1) is 0 Å². The molecule has 0 aliphatic carbocycles. The second-order valence-electron chi connectivity index (χ2n) is 3.50. The zero-order valence-electron chi connectivity index (χ0n) is 8.67. The van der Waals surface area contributed by atoms with E-state index in [4.69, 9.17) is 9.52 Å². The molecule has 1 aliphatic rings. The van der Waals surface area contributed by atoms with Crippen LogP contribution in [0.3, 0.4) is 0 Å². The van der Waals surface area contributed by atoms with Crippen LogP contribution in [0.25, 0.3) is 0 Å². The van der Waals surface area contributed by atoms with Gasteiger partial charge < -0.3 is 9.52 Å². The predicted octanol–water partition coefficient (Wildman–Crippen LogP) is 0.723. The molecule has 0 radical (unpaired) electrons. The molecule has 0 fully saturated rings. The number of rotatable bonds is 3. The summed E-state index contributed by atoms with van der Waals surface area (Å²) in [5.74, 6) is 0.256. The highest BCUT2D eigenvalue weighted by Gasteiger charge is 2.27. The number of aliphatic hydroxyl groups is 1. The minimum Gasteiger partial charge on any atom is -0.446 e. The predicted molar refractivity (Wildman–Crippen MR) is 57.1 cm³/mol. The molecule has 0 amide bonds. The Morgan fingerprint density at radius 1 is 1.38 bits per heavy atom. The molecule has 1 aromatic heterocycles. The van der Waals surface area contributed by atoms with Crippen molar-refractivity contribution in [2.24, 2.45) is 0 Å². The number of aliphatic hydroxyl groups excluding tert-OH is 1. The third-order valence-electron chi connectivity index (χ3n) is 2.41. The third-order valence-corrected chi connectivity index (χ3v) is 4.15. The molecule has 1 N–H and O–H groups in total. The lowest BCUT2D eigenvalue weighted by atomic mass is 10.3. The van der Waals surface area contributed by atoms with Crippen LogP contribution < -0.4 is 0 Å². The van der Waals surface area contributed by atoms with Crippen molar-refractivity contribution in [1.29, 1.82) is 0 Å². The highest BCUT2D eigenvalue weighted by Crippen LogP contribution is 2.20. The highest BCUT2D eigenvalue weighted by atomic mass is 32.2. The Hall–Kier alpha value is -1.11. The summed E-state index contributed by atoms with van der Waals surface area (Å²) in [6.07, 6.45) is 4.48. The Labute approximate surface area is 94.0 Å². The van der Waals surface area contributed by atoms with Gasteiger partial charge in [-0.25, -0.2) is 8.42 Å². The van der Waals surface area contributed by atoms with Gasteiger partial charge in [0.1, 0.15) is 12.4 Å². The Morgan fingerprint density at radius 3 is 2.75 bits per heavy atom. The Kier molecular flexibility index (Phi) is 3.13. The zero-order valence-corrected chi connectivity index (χ0v) is 9.48.